The highest BCUT2D eigenvalue weighted by Gasteiger charge is 2.40. The molecule has 2 aromatic rings. The zero-order valence-corrected chi connectivity index (χ0v) is 14.8. The molecule has 0 aliphatic carbocycles. The Hall–Kier alpha value is -2.88. The van der Waals surface area contributed by atoms with Crippen molar-refractivity contribution in [3.8, 4) is 0 Å². The number of esters is 2. The fourth-order valence-corrected chi connectivity index (χ4v) is 3.02. The van der Waals surface area contributed by atoms with Gasteiger partial charge in [-0.25, -0.2) is 9.59 Å². The Kier molecular flexibility index (Phi) is 5.84. The van der Waals surface area contributed by atoms with E-state index in [4.69, 9.17) is 9.47 Å². The number of ether oxygens (including phenoxy) is 2. The van der Waals surface area contributed by atoms with Crippen molar-refractivity contribution in [3.05, 3.63) is 77.4 Å². The van der Waals surface area contributed by atoms with Crippen LogP contribution in [0.15, 0.2) is 66.2 Å². The van der Waals surface area contributed by atoms with Crippen molar-refractivity contribution in [3.63, 3.8) is 0 Å². The number of cyclic esters (lactones) is 1. The summed E-state index contributed by atoms with van der Waals surface area (Å²) in [6, 6.07) is 18.8. The zero-order valence-electron chi connectivity index (χ0n) is 14.8. The molecule has 0 aromatic heterocycles. The summed E-state index contributed by atoms with van der Waals surface area (Å²) in [6.45, 7) is 2.39. The Bertz CT molecular complexity index is 793. The van der Waals surface area contributed by atoms with Crippen LogP contribution in [-0.2, 0) is 19.1 Å². The van der Waals surface area contributed by atoms with Gasteiger partial charge in [0.25, 0.3) is 0 Å². The second-order valence-electron chi connectivity index (χ2n) is 6.19. The molecule has 0 fully saturated rings. The molecule has 0 radical (unpaired) electrons. The molecule has 1 heterocycles. The lowest BCUT2D eigenvalue weighted by Crippen LogP contribution is -2.15. The van der Waals surface area contributed by atoms with Crippen LogP contribution in [0.3, 0.4) is 0 Å². The first-order valence-corrected chi connectivity index (χ1v) is 8.95. The van der Waals surface area contributed by atoms with E-state index in [0.29, 0.717) is 12.2 Å². The number of carbonyl (C=O) groups is 2. The van der Waals surface area contributed by atoms with E-state index in [1.54, 1.807) is 0 Å². The average molecular weight is 350 g/mol. The quantitative estimate of drug-likeness (QED) is 0.420. The summed E-state index contributed by atoms with van der Waals surface area (Å²) in [4.78, 5) is 25.1. The van der Waals surface area contributed by atoms with E-state index in [0.717, 1.165) is 30.4 Å². The number of unbranched alkanes of at least 4 members (excludes halogenated alkanes) is 2. The Morgan fingerprint density at radius 2 is 1.65 bits per heavy atom. The Labute approximate surface area is 153 Å². The van der Waals surface area contributed by atoms with E-state index in [-0.39, 0.29) is 5.57 Å². The van der Waals surface area contributed by atoms with Crippen molar-refractivity contribution in [1.82, 2.24) is 0 Å². The van der Waals surface area contributed by atoms with Crippen LogP contribution in [0.5, 0.6) is 0 Å². The summed E-state index contributed by atoms with van der Waals surface area (Å²) in [5, 5.41) is 0. The zero-order chi connectivity index (χ0) is 18.4. The van der Waals surface area contributed by atoms with Gasteiger partial charge in [0.15, 0.2) is 11.7 Å². The van der Waals surface area contributed by atoms with E-state index in [9.17, 15) is 9.59 Å². The lowest BCUT2D eigenvalue weighted by atomic mass is 9.93. The standard InChI is InChI=1S/C22H22O4/c1-2-3-10-15-25-21(23)19-18(16-11-6-4-7-12-16)20(26-22(19)24)17-13-8-5-9-14-17/h4-9,11-14,20H,2-3,10,15H2,1H3. The lowest BCUT2D eigenvalue weighted by molar-refractivity contribution is -0.146. The normalized spacial score (nSPS) is 16.5. The van der Waals surface area contributed by atoms with Crippen molar-refractivity contribution >= 4 is 17.5 Å². The van der Waals surface area contributed by atoms with Gasteiger partial charge in [-0.15, -0.1) is 0 Å². The topological polar surface area (TPSA) is 52.6 Å². The van der Waals surface area contributed by atoms with E-state index in [2.05, 4.69) is 6.92 Å². The molecule has 4 nitrogen and oxygen atoms in total. The minimum atomic E-state index is -0.627. The van der Waals surface area contributed by atoms with Crippen LogP contribution < -0.4 is 0 Å². The minimum Gasteiger partial charge on any atom is -0.462 e. The molecule has 1 unspecified atom stereocenters. The van der Waals surface area contributed by atoms with Gasteiger partial charge in [0.2, 0.25) is 0 Å². The van der Waals surface area contributed by atoms with Gasteiger partial charge < -0.3 is 9.47 Å². The molecule has 0 saturated heterocycles. The maximum atomic E-state index is 12.6. The van der Waals surface area contributed by atoms with Crippen molar-refractivity contribution in [2.75, 3.05) is 6.61 Å². The number of hydrogen-bond acceptors (Lipinski definition) is 4. The van der Waals surface area contributed by atoms with Crippen LogP contribution >= 0.6 is 0 Å². The Balaban J connectivity index is 1.97. The molecule has 3 rings (SSSR count). The van der Waals surface area contributed by atoms with Crippen LogP contribution in [0.25, 0.3) is 5.57 Å². The molecule has 0 amide bonds. The van der Waals surface area contributed by atoms with Gasteiger partial charge in [0.1, 0.15) is 0 Å². The fraction of sp³-hybridized carbons (Fsp3) is 0.273. The van der Waals surface area contributed by atoms with Gasteiger partial charge in [-0.2, -0.15) is 0 Å². The van der Waals surface area contributed by atoms with Crippen molar-refractivity contribution in [2.24, 2.45) is 0 Å². The van der Waals surface area contributed by atoms with Gasteiger partial charge in [0.05, 0.1) is 6.61 Å². The third kappa shape index (κ3) is 3.85. The van der Waals surface area contributed by atoms with E-state index in [1.807, 2.05) is 60.7 Å². The van der Waals surface area contributed by atoms with Gasteiger partial charge in [-0.3, -0.25) is 0 Å². The molecule has 1 aliphatic rings. The average Bonchev–Trinajstić information content (AvgIpc) is 3.04. The highest BCUT2D eigenvalue weighted by atomic mass is 16.6. The predicted octanol–water partition coefficient (Wildman–Crippen LogP) is 4.47. The summed E-state index contributed by atoms with van der Waals surface area (Å²) >= 11 is 0. The first-order chi connectivity index (χ1) is 12.7. The van der Waals surface area contributed by atoms with E-state index >= 15 is 0 Å². The van der Waals surface area contributed by atoms with Crippen molar-refractivity contribution in [1.29, 1.82) is 0 Å². The first-order valence-electron chi connectivity index (χ1n) is 8.95. The van der Waals surface area contributed by atoms with Crippen LogP contribution in [0.4, 0.5) is 0 Å². The van der Waals surface area contributed by atoms with Gasteiger partial charge >= 0.3 is 11.9 Å². The first kappa shape index (κ1) is 17.9. The van der Waals surface area contributed by atoms with E-state index in [1.165, 1.54) is 0 Å². The molecule has 0 saturated carbocycles. The maximum absolute atomic E-state index is 12.6. The third-order valence-electron chi connectivity index (χ3n) is 4.33. The predicted molar refractivity (Wildman–Crippen MR) is 99.1 cm³/mol. The number of carbonyl (C=O) groups excluding carboxylic acids is 2. The summed E-state index contributed by atoms with van der Waals surface area (Å²) in [5.74, 6) is -1.23. The summed E-state index contributed by atoms with van der Waals surface area (Å²) in [7, 11) is 0. The van der Waals surface area contributed by atoms with Crippen LogP contribution in [0, 0.1) is 0 Å². The van der Waals surface area contributed by atoms with Gasteiger partial charge in [-0.05, 0) is 17.5 Å². The monoisotopic (exact) mass is 350 g/mol. The highest BCUT2D eigenvalue weighted by Crippen LogP contribution is 2.41. The molecule has 0 bridgehead atoms. The highest BCUT2D eigenvalue weighted by molar-refractivity contribution is 6.22. The maximum Gasteiger partial charge on any atom is 0.347 e. The summed E-state index contributed by atoms with van der Waals surface area (Å²) < 4.78 is 10.9. The SMILES string of the molecule is CCCCCOC(=O)C1=C(c2ccccc2)C(c2ccccc2)OC1=O. The third-order valence-corrected chi connectivity index (χ3v) is 4.33. The largest absolute Gasteiger partial charge is 0.462 e. The molecule has 0 spiro atoms. The van der Waals surface area contributed by atoms with Crippen molar-refractivity contribution < 1.29 is 19.1 Å². The number of rotatable bonds is 7. The number of hydrogen-bond donors (Lipinski definition) is 0. The van der Waals surface area contributed by atoms with Crippen molar-refractivity contribution in [2.45, 2.75) is 32.3 Å². The van der Waals surface area contributed by atoms with Crippen LogP contribution in [-0.4, -0.2) is 18.5 Å². The van der Waals surface area contributed by atoms with Crippen LogP contribution in [0.1, 0.15) is 43.4 Å². The Morgan fingerprint density at radius 1 is 1.00 bits per heavy atom. The fourth-order valence-electron chi connectivity index (χ4n) is 3.02. The van der Waals surface area contributed by atoms with Gasteiger partial charge in [0, 0.05) is 5.57 Å². The number of benzene rings is 2. The van der Waals surface area contributed by atoms with E-state index < -0.39 is 18.0 Å². The minimum absolute atomic E-state index is 0.00144. The van der Waals surface area contributed by atoms with Crippen LogP contribution in [0.2, 0.25) is 0 Å². The molecule has 2 aromatic carbocycles. The summed E-state index contributed by atoms with van der Waals surface area (Å²) in [5.41, 5.74) is 2.19. The molecule has 1 aliphatic heterocycles. The second-order valence-corrected chi connectivity index (χ2v) is 6.19. The molecule has 1 atom stereocenters. The molecule has 0 N–H and O–H groups in total. The molecular formula is C22H22O4. The Morgan fingerprint density at radius 3 is 2.31 bits per heavy atom. The lowest BCUT2D eigenvalue weighted by Gasteiger charge is -2.15. The molecular weight excluding hydrogens is 328 g/mol. The molecule has 26 heavy (non-hydrogen) atoms. The molecule has 134 valence electrons. The molecule has 4 heteroatoms. The second kappa shape index (κ2) is 8.48. The summed E-state index contributed by atoms with van der Waals surface area (Å²) in [6.07, 6.45) is 2.19. The smallest absolute Gasteiger partial charge is 0.347 e. The van der Waals surface area contributed by atoms with Gasteiger partial charge in [-0.1, -0.05) is 80.4 Å².